The highest BCUT2D eigenvalue weighted by Crippen LogP contribution is 2.38. The van der Waals surface area contributed by atoms with Gasteiger partial charge < -0.3 is 5.32 Å². The molecule has 0 saturated heterocycles. The van der Waals surface area contributed by atoms with E-state index >= 15 is 0 Å². The molecular formula is C14H27F2N. The van der Waals surface area contributed by atoms with E-state index in [-0.39, 0.29) is 18.8 Å². The molecule has 1 N–H and O–H groups in total. The van der Waals surface area contributed by atoms with E-state index in [0.29, 0.717) is 12.5 Å². The van der Waals surface area contributed by atoms with E-state index in [9.17, 15) is 8.78 Å². The van der Waals surface area contributed by atoms with Gasteiger partial charge in [0.05, 0.1) is 0 Å². The van der Waals surface area contributed by atoms with Crippen molar-refractivity contribution in [3.05, 3.63) is 0 Å². The van der Waals surface area contributed by atoms with Crippen molar-refractivity contribution >= 4 is 0 Å². The molecule has 0 radical (unpaired) electrons. The number of hydrogen-bond donors (Lipinski definition) is 1. The minimum absolute atomic E-state index is 0.0821. The first-order valence-corrected chi connectivity index (χ1v) is 7.00. The van der Waals surface area contributed by atoms with E-state index < -0.39 is 5.92 Å². The maximum absolute atomic E-state index is 13.0. The first-order chi connectivity index (χ1) is 7.89. The minimum Gasteiger partial charge on any atom is -0.314 e. The zero-order valence-electron chi connectivity index (χ0n) is 11.4. The lowest BCUT2D eigenvalue weighted by molar-refractivity contribution is 0.00498. The monoisotopic (exact) mass is 247 g/mol. The third-order valence-corrected chi connectivity index (χ3v) is 3.68. The third-order valence-electron chi connectivity index (χ3n) is 3.68. The molecule has 3 heteroatoms. The average molecular weight is 247 g/mol. The van der Waals surface area contributed by atoms with Crippen LogP contribution in [0.2, 0.25) is 0 Å². The van der Waals surface area contributed by atoms with Gasteiger partial charge in [-0.25, -0.2) is 8.78 Å². The molecule has 0 heterocycles. The van der Waals surface area contributed by atoms with Crippen LogP contribution in [0.3, 0.4) is 0 Å². The summed E-state index contributed by atoms with van der Waals surface area (Å²) in [4.78, 5) is 0. The summed E-state index contributed by atoms with van der Waals surface area (Å²) in [5, 5.41) is 3.40. The topological polar surface area (TPSA) is 12.0 Å². The third kappa shape index (κ3) is 6.35. The summed E-state index contributed by atoms with van der Waals surface area (Å²) < 4.78 is 26.0. The Bertz CT molecular complexity index is 216. The average Bonchev–Trinajstić information content (AvgIpc) is 2.55. The molecule has 0 aromatic carbocycles. The molecule has 2 atom stereocenters. The van der Waals surface area contributed by atoms with Crippen LogP contribution in [0.25, 0.3) is 0 Å². The molecule has 0 aromatic heterocycles. The molecule has 0 bridgehead atoms. The van der Waals surface area contributed by atoms with Gasteiger partial charge in [0.1, 0.15) is 0 Å². The highest BCUT2D eigenvalue weighted by Gasteiger charge is 2.39. The number of hydrogen-bond acceptors (Lipinski definition) is 1. The van der Waals surface area contributed by atoms with Crippen molar-refractivity contribution < 1.29 is 8.78 Å². The van der Waals surface area contributed by atoms with Crippen LogP contribution in [-0.2, 0) is 0 Å². The lowest BCUT2D eigenvalue weighted by Crippen LogP contribution is -2.31. The molecule has 1 nitrogen and oxygen atoms in total. The Kier molecular flexibility index (Phi) is 5.84. The largest absolute Gasteiger partial charge is 0.314 e. The van der Waals surface area contributed by atoms with Crippen molar-refractivity contribution in [3.63, 3.8) is 0 Å². The van der Waals surface area contributed by atoms with E-state index in [1.807, 2.05) is 0 Å². The van der Waals surface area contributed by atoms with Gasteiger partial charge in [0.15, 0.2) is 0 Å². The second-order valence-corrected chi connectivity index (χ2v) is 6.10. The summed E-state index contributed by atoms with van der Waals surface area (Å²) in [6, 6.07) is 0.461. The molecule has 0 aromatic rings. The van der Waals surface area contributed by atoms with E-state index in [1.165, 1.54) is 12.8 Å². The summed E-state index contributed by atoms with van der Waals surface area (Å²) in [7, 11) is 0. The van der Waals surface area contributed by atoms with Gasteiger partial charge in [-0.3, -0.25) is 0 Å². The lowest BCUT2D eigenvalue weighted by Gasteiger charge is -2.17. The molecule has 1 aliphatic carbocycles. The predicted molar refractivity (Wildman–Crippen MR) is 68.4 cm³/mol. The normalized spacial score (nSPS) is 25.4. The van der Waals surface area contributed by atoms with Gasteiger partial charge in [-0.15, -0.1) is 0 Å². The van der Waals surface area contributed by atoms with Crippen LogP contribution in [-0.4, -0.2) is 18.5 Å². The second-order valence-electron chi connectivity index (χ2n) is 6.10. The highest BCUT2D eigenvalue weighted by molar-refractivity contribution is 4.82. The molecule has 1 rings (SSSR count). The Balaban J connectivity index is 2.06. The van der Waals surface area contributed by atoms with E-state index in [0.717, 1.165) is 18.9 Å². The number of rotatable bonds is 7. The van der Waals surface area contributed by atoms with Gasteiger partial charge >= 0.3 is 0 Å². The zero-order valence-corrected chi connectivity index (χ0v) is 11.4. The van der Waals surface area contributed by atoms with Crippen molar-refractivity contribution in [2.45, 2.75) is 71.3 Å². The molecule has 0 spiro atoms. The fraction of sp³-hybridized carbons (Fsp3) is 1.00. The summed E-state index contributed by atoms with van der Waals surface area (Å²) in [5.74, 6) is -1.46. The van der Waals surface area contributed by atoms with Crippen molar-refractivity contribution in [2.75, 3.05) is 6.54 Å². The molecule has 102 valence electrons. The standard InChI is InChI=1S/C14H27F2N/c1-11(2)5-4-6-12(3)17-10-13-7-8-14(15,16)9-13/h11-13,17H,4-10H2,1-3H3. The Morgan fingerprint density at radius 2 is 1.94 bits per heavy atom. The first kappa shape index (κ1) is 14.9. The van der Waals surface area contributed by atoms with Crippen LogP contribution in [0.4, 0.5) is 8.78 Å². The van der Waals surface area contributed by atoms with Gasteiger partial charge in [0.25, 0.3) is 0 Å². The van der Waals surface area contributed by atoms with Crippen molar-refractivity contribution in [3.8, 4) is 0 Å². The zero-order chi connectivity index (χ0) is 12.9. The van der Waals surface area contributed by atoms with Crippen LogP contribution >= 0.6 is 0 Å². The summed E-state index contributed by atoms with van der Waals surface area (Å²) >= 11 is 0. The summed E-state index contributed by atoms with van der Waals surface area (Å²) in [6.07, 6.45) is 4.49. The highest BCUT2D eigenvalue weighted by atomic mass is 19.3. The smallest absolute Gasteiger partial charge is 0.248 e. The maximum Gasteiger partial charge on any atom is 0.248 e. The Morgan fingerprint density at radius 3 is 2.47 bits per heavy atom. The molecule has 0 amide bonds. The molecule has 1 saturated carbocycles. The molecule has 0 aliphatic heterocycles. The molecule has 1 aliphatic rings. The first-order valence-electron chi connectivity index (χ1n) is 7.00. The predicted octanol–water partition coefficient (Wildman–Crippen LogP) is 4.23. The fourth-order valence-electron chi connectivity index (χ4n) is 2.52. The quantitative estimate of drug-likeness (QED) is 0.710. The molecule has 1 fully saturated rings. The van der Waals surface area contributed by atoms with Gasteiger partial charge in [-0.1, -0.05) is 26.7 Å². The van der Waals surface area contributed by atoms with Crippen molar-refractivity contribution in [1.82, 2.24) is 5.32 Å². The van der Waals surface area contributed by atoms with Gasteiger partial charge in [-0.05, 0) is 38.1 Å². The Morgan fingerprint density at radius 1 is 1.24 bits per heavy atom. The van der Waals surface area contributed by atoms with Crippen LogP contribution in [0, 0.1) is 11.8 Å². The van der Waals surface area contributed by atoms with Crippen LogP contribution in [0.1, 0.15) is 59.3 Å². The maximum atomic E-state index is 13.0. The number of nitrogens with one attached hydrogen (secondary N) is 1. The molecular weight excluding hydrogens is 220 g/mol. The van der Waals surface area contributed by atoms with Crippen LogP contribution in [0.5, 0.6) is 0 Å². The lowest BCUT2D eigenvalue weighted by atomic mass is 10.0. The van der Waals surface area contributed by atoms with E-state index in [1.54, 1.807) is 0 Å². The summed E-state index contributed by atoms with van der Waals surface area (Å²) in [5.41, 5.74) is 0. The van der Waals surface area contributed by atoms with E-state index in [2.05, 4.69) is 26.1 Å². The van der Waals surface area contributed by atoms with Crippen LogP contribution < -0.4 is 5.32 Å². The van der Waals surface area contributed by atoms with Gasteiger partial charge in [0, 0.05) is 18.9 Å². The van der Waals surface area contributed by atoms with Crippen molar-refractivity contribution in [2.24, 2.45) is 11.8 Å². The SMILES string of the molecule is CC(C)CCCC(C)NCC1CCC(F)(F)C1. The fourth-order valence-corrected chi connectivity index (χ4v) is 2.52. The van der Waals surface area contributed by atoms with Gasteiger partial charge in [0.2, 0.25) is 5.92 Å². The minimum atomic E-state index is -2.40. The molecule has 2 unspecified atom stereocenters. The molecule has 17 heavy (non-hydrogen) atoms. The Hall–Kier alpha value is -0.180. The van der Waals surface area contributed by atoms with Crippen molar-refractivity contribution in [1.29, 1.82) is 0 Å². The van der Waals surface area contributed by atoms with Gasteiger partial charge in [-0.2, -0.15) is 0 Å². The van der Waals surface area contributed by atoms with E-state index in [4.69, 9.17) is 0 Å². The summed E-state index contributed by atoms with van der Waals surface area (Å²) in [6.45, 7) is 7.39. The number of alkyl halides is 2. The van der Waals surface area contributed by atoms with Crippen LogP contribution in [0.15, 0.2) is 0 Å². The number of halogens is 2. The Labute approximate surface area is 104 Å². The second kappa shape index (κ2) is 6.67.